The summed E-state index contributed by atoms with van der Waals surface area (Å²) in [6, 6.07) is 9.49. The molecule has 1 atom stereocenters. The number of likely N-dealkylation sites (tertiary alicyclic amines) is 1. The van der Waals surface area contributed by atoms with Gasteiger partial charge in [-0.05, 0) is 55.7 Å². The minimum absolute atomic E-state index is 0.00600. The number of benzene rings is 1. The number of hydrogen-bond donors (Lipinski definition) is 1. The lowest BCUT2D eigenvalue weighted by Gasteiger charge is -2.33. The highest BCUT2D eigenvalue weighted by molar-refractivity contribution is 5.95. The number of hydrogen-bond acceptors (Lipinski definition) is 7. The molecule has 0 saturated carbocycles. The second-order valence-corrected chi connectivity index (χ2v) is 8.20. The number of carbonyl (C=O) groups excluding carboxylic acids is 1. The van der Waals surface area contributed by atoms with Crippen LogP contribution in [0.1, 0.15) is 40.5 Å². The van der Waals surface area contributed by atoms with Gasteiger partial charge in [-0.25, -0.2) is 9.97 Å². The molecule has 8 nitrogen and oxygen atoms in total. The third-order valence-electron chi connectivity index (χ3n) is 5.89. The largest absolute Gasteiger partial charge is 0.486 e. The van der Waals surface area contributed by atoms with Gasteiger partial charge in [-0.15, -0.1) is 0 Å². The number of fused-ring (bicyclic) bond motifs is 1. The zero-order valence-corrected chi connectivity index (χ0v) is 18.0. The van der Waals surface area contributed by atoms with Crippen molar-refractivity contribution in [3.63, 3.8) is 0 Å². The third-order valence-corrected chi connectivity index (χ3v) is 5.89. The Hall–Kier alpha value is -3.68. The monoisotopic (exact) mass is 431 g/mol. The maximum absolute atomic E-state index is 13.2. The number of aryl methyl sites for hydroxylation is 1. The van der Waals surface area contributed by atoms with Gasteiger partial charge in [0.1, 0.15) is 13.2 Å². The summed E-state index contributed by atoms with van der Waals surface area (Å²) in [5, 5.41) is 0. The van der Waals surface area contributed by atoms with Crippen LogP contribution >= 0.6 is 0 Å². The van der Waals surface area contributed by atoms with E-state index in [1.807, 2.05) is 30.0 Å². The molecule has 32 heavy (non-hydrogen) atoms. The van der Waals surface area contributed by atoms with Crippen molar-refractivity contribution in [2.75, 3.05) is 32.0 Å². The van der Waals surface area contributed by atoms with Crippen LogP contribution in [0.25, 0.3) is 11.1 Å². The molecule has 2 N–H and O–H groups in total. The van der Waals surface area contributed by atoms with Crippen molar-refractivity contribution in [3.8, 4) is 22.6 Å². The molecule has 1 aromatic carbocycles. The Morgan fingerprint density at radius 2 is 1.84 bits per heavy atom. The highest BCUT2D eigenvalue weighted by Crippen LogP contribution is 2.33. The normalized spacial score (nSPS) is 17.8. The SMILES string of the molecule is Cc1cc(-c2cnc(N)nc2)cc(C2CCCN(C(=O)c3ccc4c(c3)OCCO4)C2)n1. The highest BCUT2D eigenvalue weighted by Gasteiger charge is 2.27. The Morgan fingerprint density at radius 1 is 1.06 bits per heavy atom. The van der Waals surface area contributed by atoms with Crippen molar-refractivity contribution in [2.24, 2.45) is 0 Å². The number of anilines is 1. The van der Waals surface area contributed by atoms with Gasteiger partial charge in [0.2, 0.25) is 5.95 Å². The van der Waals surface area contributed by atoms with E-state index < -0.39 is 0 Å². The summed E-state index contributed by atoms with van der Waals surface area (Å²) in [6.45, 7) is 4.36. The Morgan fingerprint density at radius 3 is 2.66 bits per heavy atom. The molecule has 2 aliphatic rings. The molecule has 5 rings (SSSR count). The molecule has 1 amide bonds. The van der Waals surface area contributed by atoms with Crippen molar-refractivity contribution < 1.29 is 14.3 Å². The first-order valence-corrected chi connectivity index (χ1v) is 10.8. The van der Waals surface area contributed by atoms with Gasteiger partial charge in [-0.3, -0.25) is 9.78 Å². The molecule has 4 heterocycles. The van der Waals surface area contributed by atoms with E-state index in [9.17, 15) is 4.79 Å². The molecular formula is C24H25N5O3. The van der Waals surface area contributed by atoms with Crippen LogP contribution < -0.4 is 15.2 Å². The Bertz CT molecular complexity index is 1150. The lowest BCUT2D eigenvalue weighted by atomic mass is 9.92. The zero-order valence-electron chi connectivity index (χ0n) is 18.0. The van der Waals surface area contributed by atoms with Crippen molar-refractivity contribution in [2.45, 2.75) is 25.7 Å². The maximum Gasteiger partial charge on any atom is 0.254 e. The van der Waals surface area contributed by atoms with Gasteiger partial charge in [-0.2, -0.15) is 0 Å². The van der Waals surface area contributed by atoms with Gasteiger partial charge in [0.05, 0.1) is 0 Å². The van der Waals surface area contributed by atoms with Crippen molar-refractivity contribution in [3.05, 3.63) is 59.7 Å². The van der Waals surface area contributed by atoms with Crippen molar-refractivity contribution in [1.29, 1.82) is 0 Å². The number of rotatable bonds is 3. The summed E-state index contributed by atoms with van der Waals surface area (Å²) in [6.07, 6.45) is 5.36. The standard InChI is InChI=1S/C24H25N5O3/c1-15-9-18(19-12-26-24(25)27-13-19)10-20(28-15)17-3-2-6-29(14-17)23(30)16-4-5-21-22(11-16)32-8-7-31-21/h4-5,9-13,17H,2-3,6-8,14H2,1H3,(H2,25,26,27). The number of ether oxygens (including phenoxy) is 2. The minimum atomic E-state index is 0.00600. The molecule has 8 heteroatoms. The molecule has 2 aromatic heterocycles. The molecule has 164 valence electrons. The van der Waals surface area contributed by atoms with E-state index in [1.165, 1.54) is 0 Å². The van der Waals surface area contributed by atoms with E-state index in [-0.39, 0.29) is 17.8 Å². The van der Waals surface area contributed by atoms with Crippen LogP contribution in [0.15, 0.2) is 42.7 Å². The number of nitrogens with zero attached hydrogens (tertiary/aromatic N) is 4. The minimum Gasteiger partial charge on any atom is -0.486 e. The lowest BCUT2D eigenvalue weighted by molar-refractivity contribution is 0.0705. The Labute approximate surface area is 186 Å². The van der Waals surface area contributed by atoms with E-state index >= 15 is 0 Å². The molecular weight excluding hydrogens is 406 g/mol. The molecule has 0 aliphatic carbocycles. The first-order valence-electron chi connectivity index (χ1n) is 10.8. The highest BCUT2D eigenvalue weighted by atomic mass is 16.6. The summed E-state index contributed by atoms with van der Waals surface area (Å²) < 4.78 is 11.2. The Balaban J connectivity index is 1.37. The van der Waals surface area contributed by atoms with E-state index in [0.29, 0.717) is 36.8 Å². The number of nitrogen functional groups attached to an aromatic ring is 1. The van der Waals surface area contributed by atoms with E-state index in [2.05, 4.69) is 16.0 Å². The van der Waals surface area contributed by atoms with Crippen LogP contribution in [0, 0.1) is 6.92 Å². The first-order chi connectivity index (χ1) is 15.6. The first kappa shape index (κ1) is 20.2. The van der Waals surface area contributed by atoms with E-state index in [0.717, 1.165) is 41.9 Å². The quantitative estimate of drug-likeness (QED) is 0.679. The van der Waals surface area contributed by atoms with Crippen LogP contribution in [0.3, 0.4) is 0 Å². The number of pyridine rings is 1. The van der Waals surface area contributed by atoms with Gasteiger partial charge < -0.3 is 20.1 Å². The molecule has 0 spiro atoms. The second-order valence-electron chi connectivity index (χ2n) is 8.20. The molecule has 1 fully saturated rings. The van der Waals surface area contributed by atoms with Gasteiger partial charge in [0, 0.05) is 53.9 Å². The van der Waals surface area contributed by atoms with E-state index in [1.54, 1.807) is 18.5 Å². The molecule has 1 saturated heterocycles. The second kappa shape index (κ2) is 8.45. The van der Waals surface area contributed by atoms with Gasteiger partial charge in [0.15, 0.2) is 11.5 Å². The smallest absolute Gasteiger partial charge is 0.254 e. The summed E-state index contributed by atoms with van der Waals surface area (Å²) in [5.74, 6) is 1.74. The fourth-order valence-electron chi connectivity index (χ4n) is 4.32. The summed E-state index contributed by atoms with van der Waals surface area (Å²) in [5.41, 5.74) is 10.0. The van der Waals surface area contributed by atoms with Gasteiger partial charge >= 0.3 is 0 Å². The predicted molar refractivity (Wildman–Crippen MR) is 120 cm³/mol. The average molecular weight is 431 g/mol. The average Bonchev–Trinajstić information content (AvgIpc) is 2.83. The van der Waals surface area contributed by atoms with Crippen LogP contribution in [-0.4, -0.2) is 52.1 Å². The Kier molecular flexibility index (Phi) is 5.34. The van der Waals surface area contributed by atoms with Crippen LogP contribution in [-0.2, 0) is 0 Å². The fraction of sp³-hybridized carbons (Fsp3) is 0.333. The number of amides is 1. The summed E-state index contributed by atoms with van der Waals surface area (Å²) in [4.78, 5) is 28.1. The zero-order chi connectivity index (χ0) is 22.1. The number of carbonyl (C=O) groups is 1. The summed E-state index contributed by atoms with van der Waals surface area (Å²) in [7, 11) is 0. The molecule has 3 aromatic rings. The van der Waals surface area contributed by atoms with Crippen molar-refractivity contribution >= 4 is 11.9 Å². The number of piperidine rings is 1. The number of aromatic nitrogens is 3. The van der Waals surface area contributed by atoms with Crippen molar-refractivity contribution in [1.82, 2.24) is 19.9 Å². The van der Waals surface area contributed by atoms with Crippen LogP contribution in [0.2, 0.25) is 0 Å². The maximum atomic E-state index is 13.2. The topological polar surface area (TPSA) is 103 Å². The molecule has 0 bridgehead atoms. The third kappa shape index (κ3) is 4.08. The van der Waals surface area contributed by atoms with Gasteiger partial charge in [-0.1, -0.05) is 0 Å². The molecule has 2 aliphatic heterocycles. The molecule has 0 radical (unpaired) electrons. The molecule has 1 unspecified atom stereocenters. The van der Waals surface area contributed by atoms with Gasteiger partial charge in [0.25, 0.3) is 5.91 Å². The number of nitrogens with two attached hydrogens (primary N) is 1. The fourth-order valence-corrected chi connectivity index (χ4v) is 4.32. The van der Waals surface area contributed by atoms with Crippen LogP contribution in [0.4, 0.5) is 5.95 Å². The van der Waals surface area contributed by atoms with Crippen LogP contribution in [0.5, 0.6) is 11.5 Å². The lowest BCUT2D eigenvalue weighted by Crippen LogP contribution is -2.39. The summed E-state index contributed by atoms with van der Waals surface area (Å²) >= 11 is 0. The van der Waals surface area contributed by atoms with E-state index in [4.69, 9.17) is 20.2 Å². The predicted octanol–water partition coefficient (Wildman–Crippen LogP) is 3.22.